The smallest absolute Gasteiger partial charge is 0.119 e. The standard InChI is InChI=1S/C16H25NO2.C7H7BrO.C6H5BrO/c1-17(2)12-14-7-4-5-10-16(14,18)13-8-6-9-15(11-13)19-3;1-9-7-4-2-3-6(8)5-7;7-5-2-1-3-6(8)4-5/h6,8-9,11,14,18H,4-5,7,10,12H2,1-3H3;2-5H,1H3;1-4,8H/i3D;1D3;. The maximum absolute atomic E-state index is 11.2. The van der Waals surface area contributed by atoms with E-state index in [0.717, 1.165) is 40.3 Å². The van der Waals surface area contributed by atoms with Crippen molar-refractivity contribution in [1.82, 2.24) is 4.90 Å². The zero-order chi connectivity index (χ0) is 29.8. The first-order valence-electron chi connectivity index (χ1n) is 13.8. The number of methoxy groups -OCH3 is 2. The summed E-state index contributed by atoms with van der Waals surface area (Å²) in [6.07, 6.45) is 4.10. The average Bonchev–Trinajstić information content (AvgIpc) is 2.85. The van der Waals surface area contributed by atoms with Gasteiger partial charge < -0.3 is 24.6 Å². The molecule has 4 rings (SSSR count). The second-order valence-corrected chi connectivity index (χ2v) is 10.7. The molecule has 0 amide bonds. The molecule has 5 nitrogen and oxygen atoms in total. The summed E-state index contributed by atoms with van der Waals surface area (Å²) >= 11 is 6.41. The summed E-state index contributed by atoms with van der Waals surface area (Å²) in [5.74, 6) is 1.54. The van der Waals surface area contributed by atoms with Crippen LogP contribution < -0.4 is 9.47 Å². The zero-order valence-electron chi connectivity index (χ0n) is 24.7. The normalized spacial score (nSPS) is 20.8. The molecule has 0 radical (unpaired) electrons. The van der Waals surface area contributed by atoms with Crippen LogP contribution in [-0.2, 0) is 5.60 Å². The van der Waals surface area contributed by atoms with Crippen LogP contribution in [0, 0.1) is 5.92 Å². The third kappa shape index (κ3) is 9.77. The fraction of sp³-hybridized carbons (Fsp3) is 0.379. The Bertz CT molecular complexity index is 1170. The molecule has 2 unspecified atom stereocenters. The molecule has 0 bridgehead atoms. The van der Waals surface area contributed by atoms with Crippen LogP contribution in [0.5, 0.6) is 17.2 Å². The molecule has 0 spiro atoms. The molecular weight excluding hydrogens is 586 g/mol. The fourth-order valence-corrected chi connectivity index (χ4v) is 4.92. The molecule has 7 heteroatoms. The van der Waals surface area contributed by atoms with Gasteiger partial charge in [-0.1, -0.05) is 69.0 Å². The lowest BCUT2D eigenvalue weighted by molar-refractivity contribution is -0.0619. The third-order valence-electron chi connectivity index (χ3n) is 5.84. The first kappa shape index (κ1) is 24.3. The maximum Gasteiger partial charge on any atom is 0.119 e. The number of ether oxygens (including phenoxy) is 2. The first-order valence-corrected chi connectivity index (χ1v) is 13.2. The van der Waals surface area contributed by atoms with Crippen molar-refractivity contribution in [2.45, 2.75) is 31.3 Å². The van der Waals surface area contributed by atoms with Gasteiger partial charge in [0, 0.05) is 21.4 Å². The summed E-state index contributed by atoms with van der Waals surface area (Å²) < 4.78 is 39.2. The van der Waals surface area contributed by atoms with Crippen molar-refractivity contribution in [2.24, 2.45) is 5.92 Å². The van der Waals surface area contributed by atoms with Crippen LogP contribution in [0.15, 0.2) is 81.7 Å². The fourth-order valence-electron chi connectivity index (χ4n) is 4.15. The van der Waals surface area contributed by atoms with Gasteiger partial charge in [-0.05, 0) is 81.0 Å². The van der Waals surface area contributed by atoms with Gasteiger partial charge in [0.25, 0.3) is 0 Å². The lowest BCUT2D eigenvalue weighted by Crippen LogP contribution is -2.43. The maximum atomic E-state index is 11.2. The Kier molecular flexibility index (Phi) is 10.3. The van der Waals surface area contributed by atoms with Gasteiger partial charge in [0.2, 0.25) is 0 Å². The number of rotatable bonds is 5. The summed E-state index contributed by atoms with van der Waals surface area (Å²) in [4.78, 5) is 2.14. The molecule has 2 atom stereocenters. The number of halogens is 2. The number of aliphatic hydroxyl groups is 1. The molecular formula is C29H37Br2NO4. The number of hydrogen-bond donors (Lipinski definition) is 2. The van der Waals surface area contributed by atoms with E-state index < -0.39 is 12.6 Å². The summed E-state index contributed by atoms with van der Waals surface area (Å²) in [6.45, 7) is 0.889. The van der Waals surface area contributed by atoms with E-state index in [-0.39, 0.29) is 13.0 Å². The Hall–Kier alpha value is -2.06. The monoisotopic (exact) mass is 625 g/mol. The molecule has 36 heavy (non-hydrogen) atoms. The number of benzene rings is 3. The zero-order valence-corrected chi connectivity index (χ0v) is 23.8. The van der Waals surface area contributed by atoms with E-state index in [0.29, 0.717) is 17.2 Å². The van der Waals surface area contributed by atoms with Gasteiger partial charge in [0.1, 0.15) is 17.2 Å². The van der Waals surface area contributed by atoms with Gasteiger partial charge in [0.05, 0.1) is 25.2 Å². The number of nitrogens with zero attached hydrogens (tertiary/aromatic N) is 1. The number of aromatic hydroxyl groups is 1. The lowest BCUT2D eigenvalue weighted by atomic mass is 9.71. The molecule has 3 aromatic carbocycles. The highest BCUT2D eigenvalue weighted by atomic mass is 79.9. The van der Waals surface area contributed by atoms with E-state index in [2.05, 4.69) is 55.6 Å². The van der Waals surface area contributed by atoms with Crippen LogP contribution in [0.4, 0.5) is 0 Å². The average molecular weight is 627 g/mol. The SMILES string of the molecule is Oc1cccc(Br)c1.[2H]C([2H])([2H])Oc1cccc(Br)c1.[2H]COc1cccc(C2(O)CCCCC2CN(C)C)c1. The summed E-state index contributed by atoms with van der Waals surface area (Å²) in [5.41, 5.74) is 0.152. The molecule has 1 aliphatic rings. The Morgan fingerprint density at radius 3 is 2.19 bits per heavy atom. The van der Waals surface area contributed by atoms with Crippen LogP contribution in [0.25, 0.3) is 0 Å². The van der Waals surface area contributed by atoms with Gasteiger partial charge in [-0.15, -0.1) is 0 Å². The van der Waals surface area contributed by atoms with Gasteiger partial charge >= 0.3 is 0 Å². The summed E-state index contributed by atoms with van der Waals surface area (Å²) in [5, 5.41) is 20.0. The largest absolute Gasteiger partial charge is 0.508 e. The van der Waals surface area contributed by atoms with E-state index in [4.69, 9.17) is 15.3 Å². The van der Waals surface area contributed by atoms with Crippen LogP contribution in [-0.4, -0.2) is 49.9 Å². The highest BCUT2D eigenvalue weighted by Gasteiger charge is 2.40. The molecule has 1 saturated carbocycles. The van der Waals surface area contributed by atoms with E-state index in [1.54, 1.807) is 42.5 Å². The van der Waals surface area contributed by atoms with Gasteiger partial charge in [-0.25, -0.2) is 0 Å². The summed E-state index contributed by atoms with van der Waals surface area (Å²) in [7, 11) is 1.63. The van der Waals surface area contributed by atoms with Crippen LogP contribution >= 0.6 is 31.9 Å². The Labute approximate surface area is 237 Å². The van der Waals surface area contributed by atoms with E-state index >= 15 is 0 Å². The molecule has 196 valence electrons. The Morgan fingerprint density at radius 1 is 0.944 bits per heavy atom. The second kappa shape index (κ2) is 15.3. The highest BCUT2D eigenvalue weighted by Crippen LogP contribution is 2.42. The van der Waals surface area contributed by atoms with Crippen molar-refractivity contribution in [2.75, 3.05) is 34.8 Å². The second-order valence-electron chi connectivity index (χ2n) is 8.84. The van der Waals surface area contributed by atoms with Gasteiger partial charge in [-0.2, -0.15) is 0 Å². The Balaban J connectivity index is 0.000000236. The van der Waals surface area contributed by atoms with Crippen molar-refractivity contribution < 1.29 is 25.2 Å². The molecule has 3 aromatic rings. The van der Waals surface area contributed by atoms with Crippen molar-refractivity contribution in [3.05, 3.63) is 87.3 Å². The lowest BCUT2D eigenvalue weighted by Gasteiger charge is -2.41. The minimum Gasteiger partial charge on any atom is -0.508 e. The quantitative estimate of drug-likeness (QED) is 0.312. The minimum absolute atomic E-state index is 0.0942. The third-order valence-corrected chi connectivity index (χ3v) is 6.83. The number of hydrogen-bond acceptors (Lipinski definition) is 5. The molecule has 0 heterocycles. The van der Waals surface area contributed by atoms with E-state index in [9.17, 15) is 5.11 Å². The first-order chi connectivity index (χ1) is 18.8. The van der Waals surface area contributed by atoms with Crippen LogP contribution in [0.3, 0.4) is 0 Å². The van der Waals surface area contributed by atoms with Crippen molar-refractivity contribution in [1.29, 1.82) is 0 Å². The summed E-state index contributed by atoms with van der Waals surface area (Å²) in [6, 6.07) is 21.2. The van der Waals surface area contributed by atoms with Gasteiger partial charge in [0.15, 0.2) is 0 Å². The molecule has 1 aliphatic carbocycles. The van der Waals surface area contributed by atoms with E-state index in [1.807, 2.05) is 30.3 Å². The molecule has 1 fully saturated rings. The number of phenols is 1. The predicted molar refractivity (Wildman–Crippen MR) is 154 cm³/mol. The van der Waals surface area contributed by atoms with Crippen LogP contribution in [0.2, 0.25) is 0 Å². The molecule has 0 aliphatic heterocycles. The van der Waals surface area contributed by atoms with Crippen molar-refractivity contribution in [3.8, 4) is 17.2 Å². The Morgan fingerprint density at radius 2 is 1.61 bits per heavy atom. The topological polar surface area (TPSA) is 62.2 Å². The van der Waals surface area contributed by atoms with Crippen molar-refractivity contribution in [3.63, 3.8) is 0 Å². The molecule has 2 N–H and O–H groups in total. The van der Waals surface area contributed by atoms with Crippen LogP contribution in [0.1, 0.15) is 36.7 Å². The predicted octanol–water partition coefficient (Wildman–Crippen LogP) is 7.25. The minimum atomic E-state index is -2.37. The van der Waals surface area contributed by atoms with E-state index in [1.165, 1.54) is 6.42 Å². The molecule has 0 aromatic heterocycles. The number of phenolic OH excluding ortho intramolecular Hbond substituents is 1. The molecule has 0 saturated heterocycles. The van der Waals surface area contributed by atoms with Crippen molar-refractivity contribution >= 4 is 31.9 Å². The van der Waals surface area contributed by atoms with Gasteiger partial charge in [-0.3, -0.25) is 0 Å². The highest BCUT2D eigenvalue weighted by molar-refractivity contribution is 9.10.